The van der Waals surface area contributed by atoms with Gasteiger partial charge in [-0.1, -0.05) is 0 Å². The van der Waals surface area contributed by atoms with Crippen LogP contribution in [-0.2, 0) is 0 Å². The Hall–Kier alpha value is -0.750. The second-order valence-electron chi connectivity index (χ2n) is 2.23. The van der Waals surface area contributed by atoms with E-state index in [1.54, 1.807) is 0 Å². The Morgan fingerprint density at radius 1 is 1.56 bits per heavy atom. The quantitative estimate of drug-likeness (QED) is 0.321. The molecule has 1 aliphatic heterocycles. The highest BCUT2D eigenvalue weighted by Crippen LogP contribution is 2.02. The van der Waals surface area contributed by atoms with E-state index in [2.05, 4.69) is 10.2 Å². The van der Waals surface area contributed by atoms with E-state index in [1.807, 2.05) is 6.19 Å². The molecule has 1 heterocycles. The van der Waals surface area contributed by atoms with Crippen molar-refractivity contribution in [1.29, 1.82) is 5.26 Å². The van der Waals surface area contributed by atoms with Crippen molar-refractivity contribution in [3.05, 3.63) is 0 Å². The number of nitriles is 1. The van der Waals surface area contributed by atoms with E-state index in [0.29, 0.717) is 0 Å². The summed E-state index contributed by atoms with van der Waals surface area (Å²) in [6.07, 6.45) is 3.22. The Morgan fingerprint density at radius 3 is 2.78 bits per heavy atom. The Balaban J connectivity index is 1.87. The van der Waals surface area contributed by atoms with Gasteiger partial charge in [-0.05, 0) is 19.5 Å². The van der Waals surface area contributed by atoms with E-state index in [9.17, 15) is 0 Å². The number of likely N-dealkylation sites (tertiary alicyclic amines) is 1. The van der Waals surface area contributed by atoms with Crippen molar-refractivity contribution in [3.63, 3.8) is 0 Å². The average molecular weight is 125 g/mol. The maximum absolute atomic E-state index is 8.09. The Kier molecular flexibility index (Phi) is 2.34. The maximum atomic E-state index is 8.09. The number of hydrogen-bond acceptors (Lipinski definition) is 3. The van der Waals surface area contributed by atoms with Gasteiger partial charge in [0.15, 0.2) is 6.19 Å². The highest BCUT2D eigenvalue weighted by molar-refractivity contribution is 4.72. The SMILES string of the molecule is N#CNCCN1CCC1. The number of hydrogen-bond donors (Lipinski definition) is 1. The predicted octanol–water partition coefficient (Wildman–Crippen LogP) is -0.237. The molecule has 0 bridgehead atoms. The lowest BCUT2D eigenvalue weighted by atomic mass is 10.2. The fraction of sp³-hybridized carbons (Fsp3) is 0.833. The normalized spacial score (nSPS) is 18.1. The van der Waals surface area contributed by atoms with Crippen molar-refractivity contribution in [2.45, 2.75) is 6.42 Å². The van der Waals surface area contributed by atoms with Crippen molar-refractivity contribution in [2.24, 2.45) is 0 Å². The molecule has 0 spiro atoms. The lowest BCUT2D eigenvalue weighted by Crippen LogP contribution is -2.40. The van der Waals surface area contributed by atoms with E-state index < -0.39 is 0 Å². The molecular formula is C6H11N3. The van der Waals surface area contributed by atoms with Crippen LogP contribution in [0.2, 0.25) is 0 Å². The highest BCUT2D eigenvalue weighted by Gasteiger charge is 2.11. The van der Waals surface area contributed by atoms with Crippen LogP contribution in [0.25, 0.3) is 0 Å². The Labute approximate surface area is 55.3 Å². The highest BCUT2D eigenvalue weighted by atomic mass is 15.2. The van der Waals surface area contributed by atoms with Crippen LogP contribution in [0.5, 0.6) is 0 Å². The van der Waals surface area contributed by atoms with E-state index in [0.717, 1.165) is 13.1 Å². The third-order valence-corrected chi connectivity index (χ3v) is 1.58. The summed E-state index contributed by atoms with van der Waals surface area (Å²) >= 11 is 0. The van der Waals surface area contributed by atoms with Crippen LogP contribution in [0.1, 0.15) is 6.42 Å². The smallest absolute Gasteiger partial charge is 0.176 e. The molecule has 1 N–H and O–H groups in total. The van der Waals surface area contributed by atoms with Crippen molar-refractivity contribution >= 4 is 0 Å². The minimum absolute atomic E-state index is 0.802. The van der Waals surface area contributed by atoms with E-state index >= 15 is 0 Å². The van der Waals surface area contributed by atoms with Crippen molar-refractivity contribution in [2.75, 3.05) is 26.2 Å². The second-order valence-corrected chi connectivity index (χ2v) is 2.23. The van der Waals surface area contributed by atoms with Gasteiger partial charge in [0.2, 0.25) is 0 Å². The molecule has 3 nitrogen and oxygen atoms in total. The van der Waals surface area contributed by atoms with Gasteiger partial charge in [-0.2, -0.15) is 5.26 Å². The molecule has 9 heavy (non-hydrogen) atoms. The summed E-state index contributed by atoms with van der Waals surface area (Å²) in [4.78, 5) is 2.32. The predicted molar refractivity (Wildman–Crippen MR) is 34.7 cm³/mol. The van der Waals surface area contributed by atoms with E-state index in [1.165, 1.54) is 19.5 Å². The van der Waals surface area contributed by atoms with Crippen LogP contribution in [0.15, 0.2) is 0 Å². The summed E-state index contributed by atoms with van der Waals surface area (Å²) in [6.45, 7) is 4.25. The monoisotopic (exact) mass is 125 g/mol. The standard InChI is InChI=1S/C6H11N3/c7-6-8-2-5-9-3-1-4-9/h8H,1-5H2. The molecule has 1 fully saturated rings. The first-order valence-corrected chi connectivity index (χ1v) is 3.28. The zero-order valence-electron chi connectivity index (χ0n) is 5.43. The van der Waals surface area contributed by atoms with Crippen LogP contribution >= 0.6 is 0 Å². The summed E-state index contributed by atoms with van der Waals surface area (Å²) in [6, 6.07) is 0. The third kappa shape index (κ3) is 1.90. The van der Waals surface area contributed by atoms with Crippen LogP contribution in [-0.4, -0.2) is 31.1 Å². The minimum Gasteiger partial charge on any atom is -0.323 e. The van der Waals surface area contributed by atoms with Crippen LogP contribution in [0.4, 0.5) is 0 Å². The molecule has 0 aromatic carbocycles. The summed E-state index contributed by atoms with van der Waals surface area (Å²) in [7, 11) is 0. The van der Waals surface area contributed by atoms with Crippen molar-refractivity contribution in [1.82, 2.24) is 10.2 Å². The Bertz CT molecular complexity index is 112. The zero-order valence-corrected chi connectivity index (χ0v) is 5.43. The van der Waals surface area contributed by atoms with Gasteiger partial charge in [0, 0.05) is 13.1 Å². The molecule has 0 radical (unpaired) electrons. The minimum atomic E-state index is 0.802. The van der Waals surface area contributed by atoms with Crippen LogP contribution in [0, 0.1) is 11.5 Å². The van der Waals surface area contributed by atoms with Gasteiger partial charge in [-0.15, -0.1) is 0 Å². The van der Waals surface area contributed by atoms with Gasteiger partial charge in [0.1, 0.15) is 0 Å². The molecule has 0 saturated carbocycles. The molecule has 0 aromatic heterocycles. The van der Waals surface area contributed by atoms with Gasteiger partial charge in [-0.3, -0.25) is 0 Å². The summed E-state index contributed by atoms with van der Waals surface area (Å²) in [5, 5.41) is 10.7. The zero-order chi connectivity index (χ0) is 6.53. The molecule has 1 aliphatic rings. The molecule has 0 amide bonds. The summed E-state index contributed by atoms with van der Waals surface area (Å²) in [5.41, 5.74) is 0. The lowest BCUT2D eigenvalue weighted by molar-refractivity contribution is 0.185. The van der Waals surface area contributed by atoms with Crippen LogP contribution in [0.3, 0.4) is 0 Å². The average Bonchev–Trinajstić information content (AvgIpc) is 1.76. The number of rotatable bonds is 3. The van der Waals surface area contributed by atoms with Gasteiger partial charge in [0.25, 0.3) is 0 Å². The Morgan fingerprint density at radius 2 is 2.33 bits per heavy atom. The summed E-state index contributed by atoms with van der Waals surface area (Å²) in [5.74, 6) is 0. The van der Waals surface area contributed by atoms with Crippen molar-refractivity contribution < 1.29 is 0 Å². The molecule has 0 unspecified atom stereocenters. The van der Waals surface area contributed by atoms with E-state index in [-0.39, 0.29) is 0 Å². The maximum Gasteiger partial charge on any atom is 0.176 e. The lowest BCUT2D eigenvalue weighted by Gasteiger charge is -2.30. The topological polar surface area (TPSA) is 39.1 Å². The molecule has 0 aliphatic carbocycles. The largest absolute Gasteiger partial charge is 0.323 e. The molecule has 0 aromatic rings. The molecular weight excluding hydrogens is 114 g/mol. The number of nitrogens with one attached hydrogen (secondary N) is 1. The van der Waals surface area contributed by atoms with E-state index in [4.69, 9.17) is 5.26 Å². The molecule has 1 rings (SSSR count). The van der Waals surface area contributed by atoms with Crippen LogP contribution < -0.4 is 5.32 Å². The van der Waals surface area contributed by atoms with Crippen molar-refractivity contribution in [3.8, 4) is 6.19 Å². The van der Waals surface area contributed by atoms with Gasteiger partial charge in [0.05, 0.1) is 0 Å². The fourth-order valence-electron chi connectivity index (χ4n) is 0.875. The first-order chi connectivity index (χ1) is 4.43. The van der Waals surface area contributed by atoms with Gasteiger partial charge in [-0.25, -0.2) is 0 Å². The van der Waals surface area contributed by atoms with Gasteiger partial charge < -0.3 is 10.2 Å². The summed E-state index contributed by atoms with van der Waals surface area (Å²) < 4.78 is 0. The van der Waals surface area contributed by atoms with Gasteiger partial charge >= 0.3 is 0 Å². The first-order valence-electron chi connectivity index (χ1n) is 3.28. The fourth-order valence-corrected chi connectivity index (χ4v) is 0.875. The molecule has 1 saturated heterocycles. The molecule has 0 atom stereocenters. The first kappa shape index (κ1) is 6.37. The third-order valence-electron chi connectivity index (χ3n) is 1.58. The second kappa shape index (κ2) is 3.31. The molecule has 3 heteroatoms. The molecule has 50 valence electrons. The number of nitrogens with zero attached hydrogens (tertiary/aromatic N) is 2.